The normalized spacial score (nSPS) is 19.8. The van der Waals surface area contributed by atoms with Crippen LogP contribution in [0.4, 0.5) is 0 Å². The first-order valence-electron chi connectivity index (χ1n) is 8.78. The standard InChI is InChI=1S/C19H24N4O/c1-15-6-11-23(21-15)17-4-2-16(3-5-17)18(24)22-12-8-19(9-13-22)7-10-20-14-19/h2-6,11,20H,7-10,12-14H2,1H3. The van der Waals surface area contributed by atoms with Crippen molar-refractivity contribution >= 4 is 5.91 Å². The first kappa shape index (κ1) is 15.4. The number of likely N-dealkylation sites (tertiary alicyclic amines) is 1. The molecule has 2 aliphatic rings. The van der Waals surface area contributed by atoms with Crippen LogP contribution in [-0.4, -0.2) is 46.8 Å². The number of piperidine rings is 1. The highest BCUT2D eigenvalue weighted by Gasteiger charge is 2.38. The summed E-state index contributed by atoms with van der Waals surface area (Å²) in [5, 5.41) is 7.87. The SMILES string of the molecule is Cc1ccn(-c2ccc(C(=O)N3CCC4(CCNC4)CC3)cc2)n1. The van der Waals surface area contributed by atoms with Gasteiger partial charge in [-0.15, -0.1) is 0 Å². The van der Waals surface area contributed by atoms with Gasteiger partial charge in [0, 0.05) is 31.4 Å². The molecule has 1 amide bonds. The largest absolute Gasteiger partial charge is 0.339 e. The summed E-state index contributed by atoms with van der Waals surface area (Å²) in [6.07, 6.45) is 5.44. The fraction of sp³-hybridized carbons (Fsp3) is 0.474. The number of aryl methyl sites for hydroxylation is 1. The summed E-state index contributed by atoms with van der Waals surface area (Å²) in [5.74, 6) is 0.152. The van der Waals surface area contributed by atoms with Crippen LogP contribution in [-0.2, 0) is 0 Å². The average Bonchev–Trinajstić information content (AvgIpc) is 3.25. The van der Waals surface area contributed by atoms with Crippen LogP contribution in [0.2, 0.25) is 0 Å². The van der Waals surface area contributed by atoms with Gasteiger partial charge in [-0.1, -0.05) is 0 Å². The molecule has 5 nitrogen and oxygen atoms in total. The number of hydrogen-bond acceptors (Lipinski definition) is 3. The number of benzene rings is 1. The molecule has 0 saturated carbocycles. The van der Waals surface area contributed by atoms with Crippen LogP contribution in [0, 0.1) is 12.3 Å². The zero-order chi connectivity index (χ0) is 16.6. The van der Waals surface area contributed by atoms with E-state index in [0.717, 1.165) is 56.0 Å². The molecule has 2 fully saturated rings. The summed E-state index contributed by atoms with van der Waals surface area (Å²) in [5.41, 5.74) is 3.18. The Kier molecular flexibility index (Phi) is 3.88. The zero-order valence-corrected chi connectivity index (χ0v) is 14.2. The minimum absolute atomic E-state index is 0.152. The highest BCUT2D eigenvalue weighted by atomic mass is 16.2. The molecule has 126 valence electrons. The predicted molar refractivity (Wildman–Crippen MR) is 93.4 cm³/mol. The molecule has 2 aromatic rings. The van der Waals surface area contributed by atoms with Gasteiger partial charge in [0.25, 0.3) is 5.91 Å². The summed E-state index contributed by atoms with van der Waals surface area (Å²) in [6, 6.07) is 9.73. The van der Waals surface area contributed by atoms with Gasteiger partial charge in [0.2, 0.25) is 0 Å². The molecule has 3 heterocycles. The fourth-order valence-corrected chi connectivity index (χ4v) is 3.90. The molecule has 0 unspecified atom stereocenters. The van der Waals surface area contributed by atoms with Crippen molar-refractivity contribution in [3.05, 3.63) is 47.8 Å². The van der Waals surface area contributed by atoms with Crippen molar-refractivity contribution in [3.63, 3.8) is 0 Å². The van der Waals surface area contributed by atoms with Gasteiger partial charge in [-0.3, -0.25) is 4.79 Å². The Balaban J connectivity index is 1.43. The number of amides is 1. The van der Waals surface area contributed by atoms with Crippen molar-refractivity contribution in [1.29, 1.82) is 0 Å². The molecule has 24 heavy (non-hydrogen) atoms. The molecule has 0 aliphatic carbocycles. The minimum atomic E-state index is 0.152. The Labute approximate surface area is 142 Å². The van der Waals surface area contributed by atoms with Crippen molar-refractivity contribution < 1.29 is 4.79 Å². The number of nitrogens with zero attached hydrogens (tertiary/aromatic N) is 3. The molecular weight excluding hydrogens is 300 g/mol. The van der Waals surface area contributed by atoms with Crippen LogP contribution in [0.5, 0.6) is 0 Å². The molecule has 0 atom stereocenters. The molecule has 1 aromatic heterocycles. The third kappa shape index (κ3) is 2.84. The quantitative estimate of drug-likeness (QED) is 0.923. The van der Waals surface area contributed by atoms with Gasteiger partial charge in [-0.2, -0.15) is 5.10 Å². The Morgan fingerprint density at radius 3 is 2.46 bits per heavy atom. The van der Waals surface area contributed by atoms with Gasteiger partial charge in [-0.25, -0.2) is 4.68 Å². The van der Waals surface area contributed by atoms with E-state index in [1.807, 2.05) is 53.0 Å². The highest BCUT2D eigenvalue weighted by molar-refractivity contribution is 5.94. The van der Waals surface area contributed by atoms with Crippen LogP contribution in [0.25, 0.3) is 5.69 Å². The van der Waals surface area contributed by atoms with E-state index in [-0.39, 0.29) is 5.91 Å². The van der Waals surface area contributed by atoms with E-state index >= 15 is 0 Å². The number of rotatable bonds is 2. The maximum atomic E-state index is 12.7. The third-order valence-electron chi connectivity index (χ3n) is 5.54. The second-order valence-electron chi connectivity index (χ2n) is 7.17. The molecule has 1 aromatic carbocycles. The second-order valence-corrected chi connectivity index (χ2v) is 7.17. The van der Waals surface area contributed by atoms with Crippen LogP contribution in [0.1, 0.15) is 35.3 Å². The Morgan fingerprint density at radius 2 is 1.88 bits per heavy atom. The summed E-state index contributed by atoms with van der Waals surface area (Å²) >= 11 is 0. The van der Waals surface area contributed by atoms with Crippen molar-refractivity contribution in [2.45, 2.75) is 26.2 Å². The lowest BCUT2D eigenvalue weighted by Crippen LogP contribution is -2.44. The Bertz CT molecular complexity index is 718. The molecule has 0 bridgehead atoms. The average molecular weight is 324 g/mol. The van der Waals surface area contributed by atoms with Gasteiger partial charge in [-0.05, 0) is 68.5 Å². The summed E-state index contributed by atoms with van der Waals surface area (Å²) in [6.45, 7) is 5.97. The van der Waals surface area contributed by atoms with Gasteiger partial charge in [0.05, 0.1) is 11.4 Å². The topological polar surface area (TPSA) is 50.2 Å². The molecule has 1 N–H and O–H groups in total. The van der Waals surface area contributed by atoms with Gasteiger partial charge in [0.15, 0.2) is 0 Å². The number of carbonyl (C=O) groups excluding carboxylic acids is 1. The monoisotopic (exact) mass is 324 g/mol. The maximum Gasteiger partial charge on any atom is 0.253 e. The van der Waals surface area contributed by atoms with Crippen LogP contribution in [0.3, 0.4) is 0 Å². The fourth-order valence-electron chi connectivity index (χ4n) is 3.90. The second kappa shape index (κ2) is 6.06. The van der Waals surface area contributed by atoms with Gasteiger partial charge < -0.3 is 10.2 Å². The number of hydrogen-bond donors (Lipinski definition) is 1. The van der Waals surface area contributed by atoms with E-state index in [1.165, 1.54) is 6.42 Å². The third-order valence-corrected chi connectivity index (χ3v) is 5.54. The number of nitrogens with one attached hydrogen (secondary N) is 1. The number of aromatic nitrogens is 2. The Morgan fingerprint density at radius 1 is 1.12 bits per heavy atom. The summed E-state index contributed by atoms with van der Waals surface area (Å²) in [4.78, 5) is 14.8. The van der Waals surface area contributed by atoms with E-state index in [2.05, 4.69) is 10.4 Å². The van der Waals surface area contributed by atoms with Crippen molar-refractivity contribution in [3.8, 4) is 5.69 Å². The van der Waals surface area contributed by atoms with Crippen molar-refractivity contribution in [2.24, 2.45) is 5.41 Å². The van der Waals surface area contributed by atoms with Crippen LogP contribution in [0.15, 0.2) is 36.5 Å². The zero-order valence-electron chi connectivity index (χ0n) is 14.2. The van der Waals surface area contributed by atoms with Crippen LogP contribution < -0.4 is 5.32 Å². The van der Waals surface area contributed by atoms with Gasteiger partial charge >= 0.3 is 0 Å². The van der Waals surface area contributed by atoms with Crippen LogP contribution >= 0.6 is 0 Å². The van der Waals surface area contributed by atoms with E-state index in [9.17, 15) is 4.79 Å². The van der Waals surface area contributed by atoms with Crippen molar-refractivity contribution in [2.75, 3.05) is 26.2 Å². The first-order valence-corrected chi connectivity index (χ1v) is 8.78. The van der Waals surface area contributed by atoms with Gasteiger partial charge in [0.1, 0.15) is 0 Å². The lowest BCUT2D eigenvalue weighted by molar-refractivity contribution is 0.0607. The molecule has 0 radical (unpaired) electrons. The van der Waals surface area contributed by atoms with E-state index in [1.54, 1.807) is 0 Å². The predicted octanol–water partition coefficient (Wildman–Crippen LogP) is 2.40. The molecule has 1 spiro atoms. The molecule has 4 rings (SSSR count). The van der Waals surface area contributed by atoms with Crippen molar-refractivity contribution in [1.82, 2.24) is 20.0 Å². The molecule has 2 saturated heterocycles. The molecule has 5 heteroatoms. The van der Waals surface area contributed by atoms with E-state index < -0.39 is 0 Å². The summed E-state index contributed by atoms with van der Waals surface area (Å²) in [7, 11) is 0. The number of carbonyl (C=O) groups is 1. The summed E-state index contributed by atoms with van der Waals surface area (Å²) < 4.78 is 1.83. The molecule has 2 aliphatic heterocycles. The van der Waals surface area contributed by atoms with E-state index in [4.69, 9.17) is 0 Å². The Hall–Kier alpha value is -2.14. The lowest BCUT2D eigenvalue weighted by Gasteiger charge is -2.38. The highest BCUT2D eigenvalue weighted by Crippen LogP contribution is 2.37. The maximum absolute atomic E-state index is 12.7. The lowest BCUT2D eigenvalue weighted by atomic mass is 9.78. The first-order chi connectivity index (χ1) is 11.7. The van der Waals surface area contributed by atoms with E-state index in [0.29, 0.717) is 5.41 Å². The molecular formula is C19H24N4O. The smallest absolute Gasteiger partial charge is 0.253 e. The minimum Gasteiger partial charge on any atom is -0.339 e.